The second-order valence-corrected chi connectivity index (χ2v) is 4.93. The van der Waals surface area contributed by atoms with E-state index in [1.54, 1.807) is 17.2 Å². The molecule has 2 amide bonds. The summed E-state index contributed by atoms with van der Waals surface area (Å²) >= 11 is 0. The van der Waals surface area contributed by atoms with Crippen molar-refractivity contribution >= 4 is 11.8 Å². The minimum absolute atomic E-state index is 0.0360. The molecule has 0 aromatic carbocycles. The van der Waals surface area contributed by atoms with Crippen molar-refractivity contribution in [2.24, 2.45) is 17.6 Å². The molecular formula is C13H18N2O4. The zero-order valence-electron chi connectivity index (χ0n) is 10.6. The number of aliphatic hydroxyl groups is 1. The lowest BCUT2D eigenvalue weighted by Gasteiger charge is -2.21. The van der Waals surface area contributed by atoms with Crippen molar-refractivity contribution in [3.8, 4) is 0 Å². The van der Waals surface area contributed by atoms with Gasteiger partial charge in [-0.25, -0.2) is 0 Å². The number of nitrogens with zero attached hydrogens (tertiary/aromatic N) is 1. The average Bonchev–Trinajstić information content (AvgIpc) is 2.99. The smallest absolute Gasteiger partial charge is 0.223 e. The number of hydrogen-bond acceptors (Lipinski definition) is 4. The minimum Gasteiger partial charge on any atom is -0.469 e. The Bertz CT molecular complexity index is 444. The first kappa shape index (κ1) is 13.6. The van der Waals surface area contributed by atoms with Crippen molar-refractivity contribution in [1.82, 2.24) is 4.90 Å². The molecule has 0 aliphatic carbocycles. The molecule has 0 saturated carbocycles. The summed E-state index contributed by atoms with van der Waals surface area (Å²) in [4.78, 5) is 24.4. The third kappa shape index (κ3) is 3.35. The number of rotatable bonds is 6. The molecule has 2 heterocycles. The molecule has 19 heavy (non-hydrogen) atoms. The van der Waals surface area contributed by atoms with Gasteiger partial charge in [0.15, 0.2) is 0 Å². The Kier molecular flexibility index (Phi) is 4.21. The third-order valence-corrected chi connectivity index (χ3v) is 3.42. The SMILES string of the molecule is NC(=O)C1CC(=O)N(CC(CO)Cc2ccco2)C1. The molecule has 2 unspecified atom stereocenters. The summed E-state index contributed by atoms with van der Waals surface area (Å²) in [6, 6.07) is 3.62. The van der Waals surface area contributed by atoms with Crippen molar-refractivity contribution in [3.05, 3.63) is 24.2 Å². The van der Waals surface area contributed by atoms with E-state index >= 15 is 0 Å². The third-order valence-electron chi connectivity index (χ3n) is 3.42. The molecule has 1 saturated heterocycles. The highest BCUT2D eigenvalue weighted by molar-refractivity contribution is 5.88. The van der Waals surface area contributed by atoms with E-state index in [4.69, 9.17) is 10.2 Å². The zero-order chi connectivity index (χ0) is 13.8. The number of aliphatic hydroxyl groups excluding tert-OH is 1. The van der Waals surface area contributed by atoms with E-state index in [0.717, 1.165) is 5.76 Å². The molecule has 1 aliphatic heterocycles. The number of amides is 2. The van der Waals surface area contributed by atoms with Crippen molar-refractivity contribution in [2.45, 2.75) is 12.8 Å². The van der Waals surface area contributed by atoms with Crippen molar-refractivity contribution < 1.29 is 19.1 Å². The standard InChI is InChI=1S/C13H18N2O4/c14-13(18)10-5-12(17)15(7-10)6-9(8-16)4-11-2-1-3-19-11/h1-3,9-10,16H,4-8H2,(H2,14,18). The lowest BCUT2D eigenvalue weighted by atomic mass is 10.0. The number of carbonyl (C=O) groups excluding carboxylic acids is 2. The van der Waals surface area contributed by atoms with Crippen LogP contribution in [0.5, 0.6) is 0 Å². The number of carbonyl (C=O) groups is 2. The monoisotopic (exact) mass is 266 g/mol. The fourth-order valence-electron chi connectivity index (χ4n) is 2.35. The predicted molar refractivity (Wildman–Crippen MR) is 66.9 cm³/mol. The topological polar surface area (TPSA) is 96.8 Å². The summed E-state index contributed by atoms with van der Waals surface area (Å²) in [7, 11) is 0. The Morgan fingerprint density at radius 2 is 2.42 bits per heavy atom. The molecule has 1 aromatic rings. The van der Waals surface area contributed by atoms with Crippen LogP contribution in [0, 0.1) is 11.8 Å². The zero-order valence-corrected chi connectivity index (χ0v) is 10.6. The maximum Gasteiger partial charge on any atom is 0.223 e. The molecule has 0 radical (unpaired) electrons. The van der Waals surface area contributed by atoms with E-state index in [1.165, 1.54) is 0 Å². The molecule has 0 bridgehead atoms. The van der Waals surface area contributed by atoms with Crippen LogP contribution in [0.3, 0.4) is 0 Å². The largest absolute Gasteiger partial charge is 0.469 e. The highest BCUT2D eigenvalue weighted by Crippen LogP contribution is 2.20. The Labute approximate surface area is 111 Å². The first-order chi connectivity index (χ1) is 9.10. The molecule has 1 aliphatic rings. The van der Waals surface area contributed by atoms with Gasteiger partial charge in [0, 0.05) is 38.5 Å². The number of hydrogen-bond donors (Lipinski definition) is 2. The van der Waals surface area contributed by atoms with Gasteiger partial charge in [-0.15, -0.1) is 0 Å². The van der Waals surface area contributed by atoms with Gasteiger partial charge in [0.1, 0.15) is 5.76 Å². The minimum atomic E-state index is -0.442. The quantitative estimate of drug-likeness (QED) is 0.743. The van der Waals surface area contributed by atoms with Crippen LogP contribution in [0.4, 0.5) is 0 Å². The lowest BCUT2D eigenvalue weighted by molar-refractivity contribution is -0.129. The van der Waals surface area contributed by atoms with Crippen molar-refractivity contribution in [3.63, 3.8) is 0 Å². The molecule has 104 valence electrons. The molecule has 1 aromatic heterocycles. The lowest BCUT2D eigenvalue weighted by Crippen LogP contribution is -2.34. The van der Waals surface area contributed by atoms with Gasteiger partial charge in [-0.3, -0.25) is 9.59 Å². The normalized spacial score (nSPS) is 20.8. The molecule has 0 spiro atoms. The summed E-state index contributed by atoms with van der Waals surface area (Å²) in [6.45, 7) is 0.731. The van der Waals surface area contributed by atoms with Crippen LogP contribution in [-0.4, -0.2) is 41.5 Å². The second-order valence-electron chi connectivity index (χ2n) is 4.93. The van der Waals surface area contributed by atoms with Gasteiger partial charge in [-0.1, -0.05) is 0 Å². The molecular weight excluding hydrogens is 248 g/mol. The summed E-state index contributed by atoms with van der Waals surface area (Å²) < 4.78 is 5.23. The van der Waals surface area contributed by atoms with Crippen LogP contribution in [0.1, 0.15) is 12.2 Å². The average molecular weight is 266 g/mol. The van der Waals surface area contributed by atoms with Crippen LogP contribution in [0.25, 0.3) is 0 Å². The Morgan fingerprint density at radius 3 is 2.95 bits per heavy atom. The number of primary amides is 1. The molecule has 2 rings (SSSR count). The van der Waals surface area contributed by atoms with Crippen LogP contribution in [-0.2, 0) is 16.0 Å². The molecule has 2 atom stereocenters. The van der Waals surface area contributed by atoms with Gasteiger partial charge in [0.2, 0.25) is 11.8 Å². The van der Waals surface area contributed by atoms with Crippen molar-refractivity contribution in [2.75, 3.05) is 19.7 Å². The second kappa shape index (κ2) is 5.88. The highest BCUT2D eigenvalue weighted by Gasteiger charge is 2.34. The fourth-order valence-corrected chi connectivity index (χ4v) is 2.35. The fraction of sp³-hybridized carbons (Fsp3) is 0.538. The first-order valence-corrected chi connectivity index (χ1v) is 6.30. The van der Waals surface area contributed by atoms with Gasteiger partial charge in [0.25, 0.3) is 0 Å². The van der Waals surface area contributed by atoms with Gasteiger partial charge in [-0.05, 0) is 12.1 Å². The van der Waals surface area contributed by atoms with E-state index in [-0.39, 0.29) is 24.9 Å². The summed E-state index contributed by atoms with van der Waals surface area (Å²) in [6.07, 6.45) is 2.32. The van der Waals surface area contributed by atoms with Crippen molar-refractivity contribution in [1.29, 1.82) is 0 Å². The van der Waals surface area contributed by atoms with Crippen LogP contribution in [0.15, 0.2) is 22.8 Å². The number of likely N-dealkylation sites (tertiary alicyclic amines) is 1. The predicted octanol–water partition coefficient (Wildman–Crippen LogP) is -0.236. The van der Waals surface area contributed by atoms with Crippen LogP contribution < -0.4 is 5.73 Å². The Hall–Kier alpha value is -1.82. The molecule has 6 heteroatoms. The van der Waals surface area contributed by atoms with E-state index in [1.807, 2.05) is 6.07 Å². The molecule has 1 fully saturated rings. The summed E-state index contributed by atoms with van der Waals surface area (Å²) in [5.41, 5.74) is 5.21. The Morgan fingerprint density at radius 1 is 1.63 bits per heavy atom. The van der Waals surface area contributed by atoms with E-state index in [9.17, 15) is 14.7 Å². The van der Waals surface area contributed by atoms with Crippen LogP contribution >= 0.6 is 0 Å². The maximum absolute atomic E-state index is 11.8. The van der Waals surface area contributed by atoms with Gasteiger partial charge >= 0.3 is 0 Å². The molecule has 3 N–H and O–H groups in total. The number of furan rings is 1. The van der Waals surface area contributed by atoms with Gasteiger partial charge in [-0.2, -0.15) is 0 Å². The number of nitrogens with two attached hydrogens (primary N) is 1. The van der Waals surface area contributed by atoms with Gasteiger partial charge in [0.05, 0.1) is 12.2 Å². The van der Waals surface area contributed by atoms with E-state index in [2.05, 4.69) is 0 Å². The maximum atomic E-state index is 11.8. The first-order valence-electron chi connectivity index (χ1n) is 6.30. The Balaban J connectivity index is 1.91. The van der Waals surface area contributed by atoms with E-state index in [0.29, 0.717) is 19.5 Å². The van der Waals surface area contributed by atoms with Crippen LogP contribution in [0.2, 0.25) is 0 Å². The van der Waals surface area contributed by atoms with Gasteiger partial charge < -0.3 is 20.2 Å². The highest BCUT2D eigenvalue weighted by atomic mass is 16.3. The molecule has 6 nitrogen and oxygen atoms in total. The summed E-state index contributed by atoms with van der Waals surface area (Å²) in [5.74, 6) is -0.251. The van der Waals surface area contributed by atoms with E-state index < -0.39 is 11.8 Å². The summed E-state index contributed by atoms with van der Waals surface area (Å²) in [5, 5.41) is 9.38.